The molecule has 1 amide bonds. The summed E-state index contributed by atoms with van der Waals surface area (Å²) in [5.41, 5.74) is 6.09. The summed E-state index contributed by atoms with van der Waals surface area (Å²) in [5, 5.41) is 2.53. The van der Waals surface area contributed by atoms with Gasteiger partial charge in [-0.25, -0.2) is 4.39 Å². The Bertz CT molecular complexity index is 499. The normalized spacial score (nSPS) is 23.6. The van der Waals surface area contributed by atoms with Crippen molar-refractivity contribution in [2.75, 3.05) is 11.1 Å². The number of rotatable bonds is 4. The second-order valence-corrected chi connectivity index (χ2v) is 5.89. The molecule has 1 saturated carbocycles. The molecule has 1 aromatic rings. The first-order valence-corrected chi connectivity index (χ1v) is 7.47. The molecule has 0 aromatic heterocycles. The van der Waals surface area contributed by atoms with Crippen LogP contribution in [0.2, 0.25) is 0 Å². The van der Waals surface area contributed by atoms with Crippen molar-refractivity contribution in [3.8, 4) is 0 Å². The molecule has 1 aliphatic carbocycles. The van der Waals surface area contributed by atoms with Crippen molar-refractivity contribution in [2.24, 2.45) is 5.92 Å². The van der Waals surface area contributed by atoms with Crippen LogP contribution in [-0.2, 0) is 9.53 Å². The fourth-order valence-corrected chi connectivity index (χ4v) is 2.59. The number of anilines is 2. The Morgan fingerprint density at radius 3 is 2.71 bits per heavy atom. The molecule has 0 saturated heterocycles. The largest absolute Gasteiger partial charge is 0.399 e. The third kappa shape index (κ3) is 4.43. The van der Waals surface area contributed by atoms with Crippen LogP contribution in [-0.4, -0.2) is 18.1 Å². The van der Waals surface area contributed by atoms with Gasteiger partial charge in [0.1, 0.15) is 11.9 Å². The van der Waals surface area contributed by atoms with E-state index in [2.05, 4.69) is 12.2 Å². The number of nitrogens with one attached hydrogen (secondary N) is 1. The monoisotopic (exact) mass is 294 g/mol. The zero-order valence-electron chi connectivity index (χ0n) is 12.6. The van der Waals surface area contributed by atoms with E-state index >= 15 is 0 Å². The maximum Gasteiger partial charge on any atom is 0.253 e. The van der Waals surface area contributed by atoms with E-state index in [4.69, 9.17) is 10.5 Å². The second kappa shape index (κ2) is 6.89. The minimum atomic E-state index is -0.607. The summed E-state index contributed by atoms with van der Waals surface area (Å²) in [6, 6.07) is 4.09. The van der Waals surface area contributed by atoms with Gasteiger partial charge in [0.15, 0.2) is 0 Å². The van der Waals surface area contributed by atoms with Gasteiger partial charge in [-0.1, -0.05) is 6.92 Å². The number of ether oxygens (including phenoxy) is 1. The molecule has 0 aliphatic heterocycles. The zero-order valence-corrected chi connectivity index (χ0v) is 12.6. The van der Waals surface area contributed by atoms with Gasteiger partial charge in [-0.2, -0.15) is 0 Å². The van der Waals surface area contributed by atoms with E-state index in [1.54, 1.807) is 6.92 Å². The number of nitrogens with two attached hydrogens (primary N) is 1. The maximum atomic E-state index is 13.6. The fraction of sp³-hybridized carbons (Fsp3) is 0.562. The number of carbonyl (C=O) groups excluding carboxylic acids is 1. The molecule has 1 aromatic carbocycles. The van der Waals surface area contributed by atoms with Crippen molar-refractivity contribution in [1.29, 1.82) is 0 Å². The summed E-state index contributed by atoms with van der Waals surface area (Å²) >= 11 is 0. The minimum absolute atomic E-state index is 0.0905. The summed E-state index contributed by atoms with van der Waals surface area (Å²) in [6.45, 7) is 3.92. The summed E-state index contributed by atoms with van der Waals surface area (Å²) in [7, 11) is 0. The van der Waals surface area contributed by atoms with Crippen molar-refractivity contribution in [3.05, 3.63) is 24.0 Å². The Labute approximate surface area is 124 Å². The van der Waals surface area contributed by atoms with Crippen molar-refractivity contribution in [1.82, 2.24) is 0 Å². The number of halogens is 1. The molecule has 1 aliphatic rings. The number of carbonyl (C=O) groups is 1. The number of amides is 1. The van der Waals surface area contributed by atoms with E-state index in [0.29, 0.717) is 5.69 Å². The Morgan fingerprint density at radius 2 is 2.05 bits per heavy atom. The summed E-state index contributed by atoms with van der Waals surface area (Å²) in [6.07, 6.45) is 3.72. The summed E-state index contributed by atoms with van der Waals surface area (Å²) < 4.78 is 19.4. The lowest BCUT2D eigenvalue weighted by molar-refractivity contribution is -0.131. The molecule has 2 rings (SSSR count). The average Bonchev–Trinajstić information content (AvgIpc) is 2.45. The van der Waals surface area contributed by atoms with Gasteiger partial charge >= 0.3 is 0 Å². The van der Waals surface area contributed by atoms with Crippen LogP contribution in [0.15, 0.2) is 18.2 Å². The van der Waals surface area contributed by atoms with Crippen LogP contribution in [0.25, 0.3) is 0 Å². The quantitative estimate of drug-likeness (QED) is 0.837. The predicted molar refractivity (Wildman–Crippen MR) is 81.4 cm³/mol. The molecular formula is C16H23FN2O2. The van der Waals surface area contributed by atoms with Gasteiger partial charge in [0.2, 0.25) is 0 Å². The van der Waals surface area contributed by atoms with Crippen LogP contribution in [0, 0.1) is 11.7 Å². The lowest BCUT2D eigenvalue weighted by atomic mass is 9.89. The number of hydrogen-bond donors (Lipinski definition) is 2. The summed E-state index contributed by atoms with van der Waals surface area (Å²) in [5.74, 6) is -0.121. The first kappa shape index (κ1) is 15.8. The molecule has 1 atom stereocenters. The predicted octanol–water partition coefficient (Wildman–Crippen LogP) is 3.33. The fourth-order valence-electron chi connectivity index (χ4n) is 2.59. The lowest BCUT2D eigenvalue weighted by Gasteiger charge is -2.28. The van der Waals surface area contributed by atoms with Gasteiger partial charge in [-0.15, -0.1) is 0 Å². The molecule has 5 heteroatoms. The molecule has 0 heterocycles. The first-order chi connectivity index (χ1) is 9.95. The third-order valence-electron chi connectivity index (χ3n) is 3.98. The van der Waals surface area contributed by atoms with Crippen LogP contribution in [0.5, 0.6) is 0 Å². The number of benzene rings is 1. The maximum absolute atomic E-state index is 13.6. The molecule has 4 nitrogen and oxygen atoms in total. The average molecular weight is 294 g/mol. The topological polar surface area (TPSA) is 64.3 Å². The van der Waals surface area contributed by atoms with Crippen LogP contribution >= 0.6 is 0 Å². The molecule has 0 spiro atoms. The van der Waals surface area contributed by atoms with Crippen LogP contribution in [0.1, 0.15) is 39.5 Å². The van der Waals surface area contributed by atoms with E-state index in [1.165, 1.54) is 18.2 Å². The highest BCUT2D eigenvalue weighted by Gasteiger charge is 2.24. The van der Waals surface area contributed by atoms with E-state index in [0.717, 1.165) is 31.6 Å². The molecule has 0 radical (unpaired) electrons. The van der Waals surface area contributed by atoms with Gasteiger partial charge in [0.25, 0.3) is 5.91 Å². The Hall–Kier alpha value is -1.62. The first-order valence-electron chi connectivity index (χ1n) is 7.47. The zero-order chi connectivity index (χ0) is 15.4. The standard InChI is InChI=1S/C16H23FN2O2/c1-10-3-6-13(7-4-10)21-11(2)16(20)19-15-9-12(18)5-8-14(15)17/h5,8-11,13H,3-4,6-7,18H2,1-2H3,(H,19,20). The van der Waals surface area contributed by atoms with E-state index < -0.39 is 11.9 Å². The molecule has 3 N–H and O–H groups in total. The van der Waals surface area contributed by atoms with Crippen molar-refractivity contribution in [2.45, 2.75) is 51.7 Å². The van der Waals surface area contributed by atoms with Gasteiger partial charge in [-0.3, -0.25) is 4.79 Å². The smallest absolute Gasteiger partial charge is 0.253 e. The summed E-state index contributed by atoms with van der Waals surface area (Å²) in [4.78, 5) is 12.1. The molecule has 21 heavy (non-hydrogen) atoms. The Balaban J connectivity index is 1.89. The molecular weight excluding hydrogens is 271 g/mol. The van der Waals surface area contributed by atoms with Crippen molar-refractivity contribution < 1.29 is 13.9 Å². The van der Waals surface area contributed by atoms with Crippen LogP contribution < -0.4 is 11.1 Å². The minimum Gasteiger partial charge on any atom is -0.399 e. The van der Waals surface area contributed by atoms with Crippen molar-refractivity contribution >= 4 is 17.3 Å². The highest BCUT2D eigenvalue weighted by Crippen LogP contribution is 2.26. The highest BCUT2D eigenvalue weighted by molar-refractivity contribution is 5.94. The van der Waals surface area contributed by atoms with Crippen LogP contribution in [0.4, 0.5) is 15.8 Å². The molecule has 0 bridgehead atoms. The molecule has 116 valence electrons. The Kier molecular flexibility index (Phi) is 5.17. The van der Waals surface area contributed by atoms with E-state index in [1.807, 2.05) is 0 Å². The van der Waals surface area contributed by atoms with Crippen LogP contribution in [0.3, 0.4) is 0 Å². The number of nitrogen functional groups attached to an aromatic ring is 1. The number of hydrogen-bond acceptors (Lipinski definition) is 3. The lowest BCUT2D eigenvalue weighted by Crippen LogP contribution is -2.33. The van der Waals surface area contributed by atoms with Crippen molar-refractivity contribution in [3.63, 3.8) is 0 Å². The van der Waals surface area contributed by atoms with E-state index in [-0.39, 0.29) is 17.7 Å². The Morgan fingerprint density at radius 1 is 1.38 bits per heavy atom. The highest BCUT2D eigenvalue weighted by atomic mass is 19.1. The van der Waals surface area contributed by atoms with Gasteiger partial charge in [-0.05, 0) is 56.7 Å². The second-order valence-electron chi connectivity index (χ2n) is 5.89. The van der Waals surface area contributed by atoms with Gasteiger partial charge < -0.3 is 15.8 Å². The van der Waals surface area contributed by atoms with E-state index in [9.17, 15) is 9.18 Å². The third-order valence-corrected chi connectivity index (χ3v) is 3.98. The van der Waals surface area contributed by atoms with Gasteiger partial charge in [0.05, 0.1) is 11.8 Å². The molecule has 1 fully saturated rings. The SMILES string of the molecule is CC1CCC(OC(C)C(=O)Nc2cc(N)ccc2F)CC1. The van der Waals surface area contributed by atoms with Gasteiger partial charge in [0, 0.05) is 5.69 Å². The molecule has 1 unspecified atom stereocenters.